The Morgan fingerprint density at radius 3 is 2.40 bits per heavy atom. The molecule has 2 aromatic rings. The summed E-state index contributed by atoms with van der Waals surface area (Å²) in [5.41, 5.74) is 1.47. The summed E-state index contributed by atoms with van der Waals surface area (Å²) in [7, 11) is 0. The molecule has 0 radical (unpaired) electrons. The molecule has 0 aliphatic rings. The fourth-order valence-corrected chi connectivity index (χ4v) is 1.96. The van der Waals surface area contributed by atoms with Gasteiger partial charge in [-0.25, -0.2) is 4.79 Å². The Morgan fingerprint density at radius 2 is 1.75 bits per heavy atom. The first-order valence-electron chi connectivity index (χ1n) is 5.89. The second-order valence-corrected chi connectivity index (χ2v) is 4.70. The molecule has 0 aromatic heterocycles. The molecule has 0 atom stereocenters. The normalized spacial score (nSPS) is 10.1. The maximum Gasteiger partial charge on any atom is 0.336 e. The molecule has 2 rings (SSSR count). The number of aryl methyl sites for hydroxylation is 1. The minimum Gasteiger partial charge on any atom is -0.478 e. The molecule has 0 saturated heterocycles. The van der Waals surface area contributed by atoms with Crippen LogP contribution in [-0.4, -0.2) is 17.0 Å². The van der Waals surface area contributed by atoms with E-state index in [1.54, 1.807) is 30.3 Å². The Kier molecular flexibility index (Phi) is 4.05. The number of carbonyl (C=O) groups excluding carboxylic acids is 1. The van der Waals surface area contributed by atoms with Gasteiger partial charge in [0, 0.05) is 10.7 Å². The van der Waals surface area contributed by atoms with E-state index < -0.39 is 11.9 Å². The van der Waals surface area contributed by atoms with E-state index in [0.717, 1.165) is 5.56 Å². The molecule has 0 spiro atoms. The average Bonchev–Trinajstić information content (AvgIpc) is 2.42. The highest BCUT2D eigenvalue weighted by Crippen LogP contribution is 2.21. The van der Waals surface area contributed by atoms with E-state index in [1.165, 1.54) is 12.1 Å². The van der Waals surface area contributed by atoms with Crippen molar-refractivity contribution < 1.29 is 14.7 Å². The van der Waals surface area contributed by atoms with Crippen LogP contribution in [0.5, 0.6) is 0 Å². The lowest BCUT2D eigenvalue weighted by Crippen LogP contribution is -2.16. The topological polar surface area (TPSA) is 66.4 Å². The molecule has 0 heterocycles. The van der Waals surface area contributed by atoms with Gasteiger partial charge in [0.05, 0.1) is 11.1 Å². The molecule has 0 aliphatic heterocycles. The third-order valence-corrected chi connectivity index (χ3v) is 3.09. The maximum atomic E-state index is 12.2. The number of hydrogen-bond acceptors (Lipinski definition) is 2. The van der Waals surface area contributed by atoms with Gasteiger partial charge in [0.2, 0.25) is 0 Å². The summed E-state index contributed by atoms with van der Waals surface area (Å²) in [6.07, 6.45) is 0. The van der Waals surface area contributed by atoms with Crippen molar-refractivity contribution in [2.75, 3.05) is 5.32 Å². The first-order valence-corrected chi connectivity index (χ1v) is 6.26. The van der Waals surface area contributed by atoms with Crippen molar-refractivity contribution in [2.45, 2.75) is 6.92 Å². The Labute approximate surface area is 121 Å². The first kappa shape index (κ1) is 14.1. The average molecular weight is 290 g/mol. The smallest absolute Gasteiger partial charge is 0.336 e. The SMILES string of the molecule is Cc1ccc(Cl)cc1NC(=O)c1ccccc1C(=O)O. The molecule has 4 nitrogen and oxygen atoms in total. The van der Waals surface area contributed by atoms with Crippen molar-refractivity contribution in [3.8, 4) is 0 Å². The minimum absolute atomic E-state index is 0.0373. The lowest BCUT2D eigenvalue weighted by Gasteiger charge is -2.10. The van der Waals surface area contributed by atoms with Crippen LogP contribution in [0.15, 0.2) is 42.5 Å². The van der Waals surface area contributed by atoms with Gasteiger partial charge in [-0.3, -0.25) is 4.79 Å². The van der Waals surface area contributed by atoms with Crippen LogP contribution in [0.25, 0.3) is 0 Å². The van der Waals surface area contributed by atoms with Crippen LogP contribution in [-0.2, 0) is 0 Å². The number of benzene rings is 2. The lowest BCUT2D eigenvalue weighted by molar-refractivity contribution is 0.0692. The zero-order valence-corrected chi connectivity index (χ0v) is 11.4. The number of rotatable bonds is 3. The van der Waals surface area contributed by atoms with Gasteiger partial charge in [-0.1, -0.05) is 29.8 Å². The third-order valence-electron chi connectivity index (χ3n) is 2.85. The fourth-order valence-electron chi connectivity index (χ4n) is 1.79. The second-order valence-electron chi connectivity index (χ2n) is 4.26. The summed E-state index contributed by atoms with van der Waals surface area (Å²) >= 11 is 5.88. The lowest BCUT2D eigenvalue weighted by atomic mass is 10.1. The molecule has 0 bridgehead atoms. The molecule has 2 aromatic carbocycles. The summed E-state index contributed by atoms with van der Waals surface area (Å²) in [4.78, 5) is 23.3. The molecule has 0 unspecified atom stereocenters. The molecule has 0 fully saturated rings. The van der Waals surface area contributed by atoms with Crippen molar-refractivity contribution >= 4 is 29.2 Å². The van der Waals surface area contributed by atoms with E-state index in [1.807, 2.05) is 6.92 Å². The Balaban J connectivity index is 2.33. The highest BCUT2D eigenvalue weighted by molar-refractivity contribution is 6.31. The quantitative estimate of drug-likeness (QED) is 0.907. The minimum atomic E-state index is -1.14. The summed E-state index contributed by atoms with van der Waals surface area (Å²) < 4.78 is 0. The first-order chi connectivity index (χ1) is 9.49. The summed E-state index contributed by atoms with van der Waals surface area (Å²) in [6.45, 7) is 1.83. The fraction of sp³-hybridized carbons (Fsp3) is 0.0667. The number of amides is 1. The number of carbonyl (C=O) groups is 2. The molecule has 1 amide bonds. The van der Waals surface area contributed by atoms with E-state index in [0.29, 0.717) is 10.7 Å². The van der Waals surface area contributed by atoms with Crippen molar-refractivity contribution in [1.82, 2.24) is 0 Å². The molecule has 0 aliphatic carbocycles. The highest BCUT2D eigenvalue weighted by atomic mass is 35.5. The van der Waals surface area contributed by atoms with Crippen molar-refractivity contribution in [3.63, 3.8) is 0 Å². The maximum absolute atomic E-state index is 12.2. The van der Waals surface area contributed by atoms with E-state index in [-0.39, 0.29) is 11.1 Å². The highest BCUT2D eigenvalue weighted by Gasteiger charge is 2.16. The molecular weight excluding hydrogens is 278 g/mol. The largest absolute Gasteiger partial charge is 0.478 e. The van der Waals surface area contributed by atoms with Crippen molar-refractivity contribution in [1.29, 1.82) is 0 Å². The predicted molar refractivity (Wildman–Crippen MR) is 77.5 cm³/mol. The van der Waals surface area contributed by atoms with Crippen LogP contribution in [0.2, 0.25) is 5.02 Å². The number of carboxylic acid groups (broad SMARTS) is 1. The van der Waals surface area contributed by atoms with Gasteiger partial charge in [0.1, 0.15) is 0 Å². The number of hydrogen-bond donors (Lipinski definition) is 2. The van der Waals surface area contributed by atoms with Gasteiger partial charge in [0.15, 0.2) is 0 Å². The van der Waals surface area contributed by atoms with Crippen molar-refractivity contribution in [3.05, 3.63) is 64.2 Å². The van der Waals surface area contributed by atoms with E-state index >= 15 is 0 Å². The Morgan fingerprint density at radius 1 is 1.10 bits per heavy atom. The summed E-state index contributed by atoms with van der Waals surface area (Å²) in [6, 6.07) is 11.2. The Bertz CT molecular complexity index is 683. The predicted octanol–water partition coefficient (Wildman–Crippen LogP) is 3.60. The monoisotopic (exact) mass is 289 g/mol. The molecule has 0 saturated carbocycles. The second kappa shape index (κ2) is 5.75. The summed E-state index contributed by atoms with van der Waals surface area (Å²) in [5, 5.41) is 12.3. The number of aromatic carboxylic acids is 1. The molecule has 2 N–H and O–H groups in total. The van der Waals surface area contributed by atoms with Crippen LogP contribution < -0.4 is 5.32 Å². The van der Waals surface area contributed by atoms with Gasteiger partial charge >= 0.3 is 5.97 Å². The van der Waals surface area contributed by atoms with Crippen LogP contribution in [0, 0.1) is 6.92 Å². The van der Waals surface area contributed by atoms with Crippen LogP contribution in [0.3, 0.4) is 0 Å². The van der Waals surface area contributed by atoms with Crippen LogP contribution in [0.4, 0.5) is 5.69 Å². The Hall–Kier alpha value is -2.33. The summed E-state index contributed by atoms with van der Waals surface area (Å²) in [5.74, 6) is -1.62. The number of halogens is 1. The standard InChI is InChI=1S/C15H12ClNO3/c1-9-6-7-10(16)8-13(9)17-14(18)11-4-2-3-5-12(11)15(19)20/h2-8H,1H3,(H,17,18)(H,19,20). The number of carboxylic acids is 1. The molecule has 5 heteroatoms. The van der Waals surface area contributed by atoms with Gasteiger partial charge in [-0.15, -0.1) is 0 Å². The van der Waals surface area contributed by atoms with Crippen molar-refractivity contribution in [2.24, 2.45) is 0 Å². The van der Waals surface area contributed by atoms with Gasteiger partial charge in [-0.05, 0) is 36.8 Å². The van der Waals surface area contributed by atoms with Gasteiger partial charge in [0.25, 0.3) is 5.91 Å². The number of nitrogens with one attached hydrogen (secondary N) is 1. The van der Waals surface area contributed by atoms with Gasteiger partial charge in [-0.2, -0.15) is 0 Å². The molecule has 20 heavy (non-hydrogen) atoms. The number of anilines is 1. The van der Waals surface area contributed by atoms with Crippen LogP contribution >= 0.6 is 11.6 Å². The zero-order valence-electron chi connectivity index (χ0n) is 10.7. The molecular formula is C15H12ClNO3. The third kappa shape index (κ3) is 2.97. The van der Waals surface area contributed by atoms with Gasteiger partial charge < -0.3 is 10.4 Å². The van der Waals surface area contributed by atoms with Crippen LogP contribution in [0.1, 0.15) is 26.3 Å². The van der Waals surface area contributed by atoms with E-state index in [2.05, 4.69) is 5.32 Å². The van der Waals surface area contributed by atoms with E-state index in [4.69, 9.17) is 16.7 Å². The zero-order chi connectivity index (χ0) is 14.7. The van der Waals surface area contributed by atoms with E-state index in [9.17, 15) is 9.59 Å². The molecule has 102 valence electrons.